The average Bonchev–Trinajstić information content (AvgIpc) is 2.84. The first-order valence-corrected chi connectivity index (χ1v) is 8.09. The van der Waals surface area contributed by atoms with E-state index in [1.54, 1.807) is 0 Å². The summed E-state index contributed by atoms with van der Waals surface area (Å²) in [5.41, 5.74) is 3.95. The maximum absolute atomic E-state index is 6.09. The van der Waals surface area contributed by atoms with E-state index in [1.807, 2.05) is 31.2 Å². The fourth-order valence-corrected chi connectivity index (χ4v) is 3.14. The Morgan fingerprint density at radius 2 is 2.05 bits per heavy atom. The molecule has 0 radical (unpaired) electrons. The van der Waals surface area contributed by atoms with E-state index in [-0.39, 0.29) is 6.04 Å². The van der Waals surface area contributed by atoms with Gasteiger partial charge in [0.2, 0.25) is 0 Å². The summed E-state index contributed by atoms with van der Waals surface area (Å²) < 4.78 is 3.18. The van der Waals surface area contributed by atoms with Crippen molar-refractivity contribution < 1.29 is 0 Å². The molecule has 0 spiro atoms. The lowest BCUT2D eigenvalue weighted by Crippen LogP contribution is -2.10. The van der Waals surface area contributed by atoms with E-state index in [1.165, 1.54) is 5.56 Å². The van der Waals surface area contributed by atoms with Gasteiger partial charge in [0.05, 0.1) is 11.9 Å². The summed E-state index contributed by atoms with van der Waals surface area (Å²) in [4.78, 5) is 9.24. The zero-order valence-corrected chi connectivity index (χ0v) is 14.2. The number of nitrogens with zero attached hydrogens (tertiary/aromatic N) is 3. The smallest absolute Gasteiger partial charge is 0.160 e. The second kappa shape index (κ2) is 5.78. The van der Waals surface area contributed by atoms with Gasteiger partial charge in [-0.1, -0.05) is 28.1 Å². The number of hydrogen-bond donors (Lipinski definition) is 0. The molecule has 0 saturated carbocycles. The molecular weight excluding hydrogens is 350 g/mol. The summed E-state index contributed by atoms with van der Waals surface area (Å²) in [7, 11) is 0. The van der Waals surface area contributed by atoms with E-state index >= 15 is 0 Å². The highest BCUT2D eigenvalue weighted by molar-refractivity contribution is 9.10. The highest BCUT2D eigenvalue weighted by Gasteiger charge is 2.18. The van der Waals surface area contributed by atoms with Crippen LogP contribution in [0.15, 0.2) is 40.9 Å². The van der Waals surface area contributed by atoms with Gasteiger partial charge in [0.25, 0.3) is 0 Å². The van der Waals surface area contributed by atoms with Gasteiger partial charge in [0.15, 0.2) is 5.65 Å². The molecule has 0 aliphatic heterocycles. The Kier molecular flexibility index (Phi) is 4.00. The third-order valence-corrected chi connectivity index (χ3v) is 4.32. The van der Waals surface area contributed by atoms with Crippen LogP contribution >= 0.6 is 27.5 Å². The first-order chi connectivity index (χ1) is 10.1. The standard InChI is InChI=1S/C16H15BrClN3/c1-10-6-7-14-16(19-10)21(15(9-18)20-14)11(2)12-4-3-5-13(17)8-12/h3-8,11H,9H2,1-2H3. The summed E-state index contributed by atoms with van der Waals surface area (Å²) in [6, 6.07) is 12.4. The normalized spacial score (nSPS) is 12.8. The zero-order chi connectivity index (χ0) is 15.0. The number of rotatable bonds is 3. The Labute approximate surface area is 137 Å². The van der Waals surface area contributed by atoms with Crippen LogP contribution in [0.1, 0.15) is 30.0 Å². The molecule has 0 bridgehead atoms. The van der Waals surface area contributed by atoms with Gasteiger partial charge in [0, 0.05) is 10.2 Å². The van der Waals surface area contributed by atoms with E-state index in [0.29, 0.717) is 5.88 Å². The summed E-state index contributed by atoms with van der Waals surface area (Å²) in [5.74, 6) is 1.21. The van der Waals surface area contributed by atoms with Crippen LogP contribution in [0.25, 0.3) is 11.2 Å². The average molecular weight is 365 g/mol. The van der Waals surface area contributed by atoms with E-state index in [0.717, 1.165) is 27.2 Å². The molecule has 0 aliphatic rings. The number of benzene rings is 1. The van der Waals surface area contributed by atoms with Crippen LogP contribution in [0, 0.1) is 6.92 Å². The van der Waals surface area contributed by atoms with Gasteiger partial charge < -0.3 is 4.57 Å². The minimum absolute atomic E-state index is 0.121. The van der Waals surface area contributed by atoms with Gasteiger partial charge >= 0.3 is 0 Å². The molecule has 1 unspecified atom stereocenters. The van der Waals surface area contributed by atoms with Gasteiger partial charge in [-0.25, -0.2) is 9.97 Å². The lowest BCUT2D eigenvalue weighted by atomic mass is 10.1. The summed E-state index contributed by atoms with van der Waals surface area (Å²) in [6.07, 6.45) is 0. The molecule has 1 aromatic carbocycles. The molecule has 108 valence electrons. The maximum atomic E-state index is 6.09. The minimum atomic E-state index is 0.121. The van der Waals surface area contributed by atoms with Gasteiger partial charge in [-0.2, -0.15) is 0 Å². The molecule has 0 aliphatic carbocycles. The van der Waals surface area contributed by atoms with Gasteiger partial charge in [0.1, 0.15) is 11.3 Å². The molecule has 2 aromatic heterocycles. The molecule has 0 fully saturated rings. The highest BCUT2D eigenvalue weighted by Crippen LogP contribution is 2.27. The van der Waals surface area contributed by atoms with Crippen molar-refractivity contribution in [1.82, 2.24) is 14.5 Å². The number of fused-ring (bicyclic) bond motifs is 1. The first kappa shape index (κ1) is 14.5. The van der Waals surface area contributed by atoms with Crippen molar-refractivity contribution >= 4 is 38.7 Å². The summed E-state index contributed by atoms with van der Waals surface area (Å²) in [5, 5.41) is 0. The van der Waals surface area contributed by atoms with Gasteiger partial charge in [-0.05, 0) is 43.7 Å². The number of pyridine rings is 1. The van der Waals surface area contributed by atoms with E-state index in [4.69, 9.17) is 11.6 Å². The largest absolute Gasteiger partial charge is 0.304 e. The lowest BCUT2D eigenvalue weighted by molar-refractivity contribution is 0.628. The first-order valence-electron chi connectivity index (χ1n) is 6.76. The molecular formula is C16H15BrClN3. The van der Waals surface area contributed by atoms with Crippen LogP contribution in [0.2, 0.25) is 0 Å². The van der Waals surface area contributed by atoms with Crippen LogP contribution in [-0.2, 0) is 5.88 Å². The predicted molar refractivity (Wildman–Crippen MR) is 89.8 cm³/mol. The molecule has 2 heterocycles. The molecule has 3 rings (SSSR count). The van der Waals surface area contributed by atoms with E-state index < -0.39 is 0 Å². The number of imidazole rings is 1. The molecule has 3 nitrogen and oxygen atoms in total. The van der Waals surface area contributed by atoms with Crippen molar-refractivity contribution in [2.75, 3.05) is 0 Å². The molecule has 5 heteroatoms. The van der Waals surface area contributed by atoms with Gasteiger partial charge in [-0.15, -0.1) is 11.6 Å². The molecule has 0 N–H and O–H groups in total. The summed E-state index contributed by atoms with van der Waals surface area (Å²) in [6.45, 7) is 4.13. The van der Waals surface area contributed by atoms with Crippen molar-refractivity contribution in [2.24, 2.45) is 0 Å². The van der Waals surface area contributed by atoms with E-state index in [9.17, 15) is 0 Å². The maximum Gasteiger partial charge on any atom is 0.160 e. The molecule has 3 aromatic rings. The van der Waals surface area contributed by atoms with Crippen LogP contribution < -0.4 is 0 Å². The lowest BCUT2D eigenvalue weighted by Gasteiger charge is -2.17. The number of aromatic nitrogens is 3. The highest BCUT2D eigenvalue weighted by atomic mass is 79.9. The third kappa shape index (κ3) is 2.70. The SMILES string of the molecule is Cc1ccc2nc(CCl)n(C(C)c3cccc(Br)c3)c2n1. The van der Waals surface area contributed by atoms with Crippen LogP contribution in [0.5, 0.6) is 0 Å². The number of alkyl halides is 1. The Morgan fingerprint density at radius 3 is 2.76 bits per heavy atom. The Hall–Kier alpha value is -1.39. The fraction of sp³-hybridized carbons (Fsp3) is 0.250. The fourth-order valence-electron chi connectivity index (χ4n) is 2.53. The number of halogens is 2. The van der Waals surface area contributed by atoms with Crippen molar-refractivity contribution in [3.8, 4) is 0 Å². The molecule has 21 heavy (non-hydrogen) atoms. The van der Waals surface area contributed by atoms with Crippen molar-refractivity contribution in [3.63, 3.8) is 0 Å². The zero-order valence-electron chi connectivity index (χ0n) is 11.8. The minimum Gasteiger partial charge on any atom is -0.304 e. The Morgan fingerprint density at radius 1 is 1.24 bits per heavy atom. The van der Waals surface area contributed by atoms with Gasteiger partial charge in [-0.3, -0.25) is 0 Å². The third-order valence-electron chi connectivity index (χ3n) is 3.59. The van der Waals surface area contributed by atoms with Crippen LogP contribution in [0.4, 0.5) is 0 Å². The molecule has 1 atom stereocenters. The van der Waals surface area contributed by atoms with Crippen molar-refractivity contribution in [2.45, 2.75) is 25.8 Å². The summed E-state index contributed by atoms with van der Waals surface area (Å²) >= 11 is 9.61. The number of aryl methyl sites for hydroxylation is 1. The van der Waals surface area contributed by atoms with E-state index in [2.05, 4.69) is 49.5 Å². The van der Waals surface area contributed by atoms with Crippen LogP contribution in [-0.4, -0.2) is 14.5 Å². The van der Waals surface area contributed by atoms with Crippen molar-refractivity contribution in [3.05, 3.63) is 58.0 Å². The predicted octanol–water partition coefficient (Wildman–Crippen LogP) is 4.85. The second-order valence-electron chi connectivity index (χ2n) is 5.06. The second-order valence-corrected chi connectivity index (χ2v) is 6.24. The topological polar surface area (TPSA) is 30.7 Å². The Balaban J connectivity index is 2.20. The van der Waals surface area contributed by atoms with Crippen molar-refractivity contribution in [1.29, 1.82) is 0 Å². The monoisotopic (exact) mass is 363 g/mol. The number of hydrogen-bond acceptors (Lipinski definition) is 2. The van der Waals surface area contributed by atoms with Crippen LogP contribution in [0.3, 0.4) is 0 Å². The molecule has 0 saturated heterocycles. The quantitative estimate of drug-likeness (QED) is 0.622. The molecule has 0 amide bonds. The Bertz CT molecular complexity index is 797.